The Hall–Kier alpha value is -3.82. The standard InChI is InChI=1S/C21H21F2N3O5/c1-29-16-8-4-15(5-9-16)26-18(12-20(25-26)31-13-19(22)23)14-2-6-17(7-3-14)30-11-10-24-21(27)28/h2-9,12,19,24H,10-11,13H2,1H3,(H,27,28)/p-1. The number of ether oxygens (including phenoxy) is 3. The van der Waals surface area contributed by atoms with Gasteiger partial charge in [0.05, 0.1) is 25.0 Å². The topological polar surface area (TPSA) is 97.7 Å². The fourth-order valence-corrected chi connectivity index (χ4v) is 2.75. The van der Waals surface area contributed by atoms with Gasteiger partial charge in [-0.05, 0) is 48.5 Å². The number of hydrogen-bond acceptors (Lipinski definition) is 6. The van der Waals surface area contributed by atoms with Gasteiger partial charge in [0, 0.05) is 11.6 Å². The molecule has 0 fully saturated rings. The van der Waals surface area contributed by atoms with Crippen molar-refractivity contribution in [2.45, 2.75) is 6.43 Å². The summed E-state index contributed by atoms with van der Waals surface area (Å²) < 4.78 is 42.4. The number of benzene rings is 2. The van der Waals surface area contributed by atoms with Crippen LogP contribution in [0.25, 0.3) is 16.9 Å². The molecule has 1 aromatic heterocycles. The van der Waals surface area contributed by atoms with Crippen LogP contribution in [-0.4, -0.2) is 49.2 Å². The minimum Gasteiger partial charge on any atom is -0.530 e. The van der Waals surface area contributed by atoms with Gasteiger partial charge in [-0.2, -0.15) is 0 Å². The number of rotatable bonds is 10. The third-order valence-electron chi connectivity index (χ3n) is 4.15. The van der Waals surface area contributed by atoms with E-state index in [0.717, 1.165) is 5.56 Å². The average Bonchev–Trinajstić information content (AvgIpc) is 3.20. The number of methoxy groups -OCH3 is 1. The van der Waals surface area contributed by atoms with Crippen molar-refractivity contribution in [3.05, 3.63) is 54.6 Å². The Labute approximate surface area is 177 Å². The van der Waals surface area contributed by atoms with Crippen LogP contribution in [0.5, 0.6) is 17.4 Å². The number of carbonyl (C=O) groups is 1. The van der Waals surface area contributed by atoms with E-state index in [1.807, 2.05) is 0 Å². The smallest absolute Gasteiger partial charge is 0.272 e. The number of carbonyl (C=O) groups excluding carboxylic acids is 1. The summed E-state index contributed by atoms with van der Waals surface area (Å²) in [6, 6.07) is 15.6. The third kappa shape index (κ3) is 6.08. The molecule has 0 unspecified atom stereocenters. The molecule has 1 heterocycles. The lowest BCUT2D eigenvalue weighted by atomic mass is 10.1. The number of halogens is 2. The molecule has 0 radical (unpaired) electrons. The average molecular weight is 432 g/mol. The SMILES string of the molecule is COc1ccc(-n2nc(OCC(F)F)cc2-c2ccc(OCCNC(=O)[O-])cc2)cc1. The van der Waals surface area contributed by atoms with E-state index in [0.29, 0.717) is 22.9 Å². The molecule has 0 spiro atoms. The molecule has 0 bridgehead atoms. The number of amides is 1. The van der Waals surface area contributed by atoms with Crippen molar-refractivity contribution in [3.8, 4) is 34.3 Å². The zero-order valence-electron chi connectivity index (χ0n) is 16.6. The van der Waals surface area contributed by atoms with Crippen molar-refractivity contribution in [1.82, 2.24) is 15.1 Å². The minimum atomic E-state index is -2.61. The van der Waals surface area contributed by atoms with Crippen LogP contribution in [0.3, 0.4) is 0 Å². The molecule has 0 saturated carbocycles. The van der Waals surface area contributed by atoms with E-state index in [9.17, 15) is 18.7 Å². The largest absolute Gasteiger partial charge is 0.530 e. The molecule has 1 amide bonds. The monoisotopic (exact) mass is 432 g/mol. The van der Waals surface area contributed by atoms with Crippen LogP contribution in [0.2, 0.25) is 0 Å². The molecule has 0 atom stereocenters. The van der Waals surface area contributed by atoms with E-state index in [1.165, 1.54) is 0 Å². The van der Waals surface area contributed by atoms with E-state index in [4.69, 9.17) is 14.2 Å². The number of hydrogen-bond donors (Lipinski definition) is 1. The molecule has 164 valence electrons. The van der Waals surface area contributed by atoms with Crippen LogP contribution in [0.15, 0.2) is 54.6 Å². The molecule has 3 aromatic rings. The summed E-state index contributed by atoms with van der Waals surface area (Å²) >= 11 is 0. The lowest BCUT2D eigenvalue weighted by Gasteiger charge is -2.10. The highest BCUT2D eigenvalue weighted by molar-refractivity contribution is 5.64. The molecule has 2 aromatic carbocycles. The molecular weight excluding hydrogens is 412 g/mol. The van der Waals surface area contributed by atoms with Crippen LogP contribution >= 0.6 is 0 Å². The zero-order valence-corrected chi connectivity index (χ0v) is 16.6. The summed E-state index contributed by atoms with van der Waals surface area (Å²) in [7, 11) is 1.56. The van der Waals surface area contributed by atoms with Crippen molar-refractivity contribution in [2.24, 2.45) is 0 Å². The number of aromatic nitrogens is 2. The van der Waals surface area contributed by atoms with Crippen molar-refractivity contribution < 1.29 is 32.9 Å². The van der Waals surface area contributed by atoms with Crippen LogP contribution < -0.4 is 24.6 Å². The highest BCUT2D eigenvalue weighted by atomic mass is 19.3. The second-order valence-corrected chi connectivity index (χ2v) is 6.27. The Balaban J connectivity index is 1.83. The second-order valence-electron chi connectivity index (χ2n) is 6.27. The highest BCUT2D eigenvalue weighted by Gasteiger charge is 2.15. The Kier molecular flexibility index (Phi) is 7.26. The first kappa shape index (κ1) is 21.9. The quantitative estimate of drug-likeness (QED) is 0.495. The van der Waals surface area contributed by atoms with E-state index < -0.39 is 19.1 Å². The Morgan fingerprint density at radius 2 is 1.77 bits per heavy atom. The van der Waals surface area contributed by atoms with Gasteiger partial charge in [0.2, 0.25) is 5.88 Å². The molecule has 0 aliphatic carbocycles. The summed E-state index contributed by atoms with van der Waals surface area (Å²) in [4.78, 5) is 10.3. The Morgan fingerprint density at radius 3 is 2.39 bits per heavy atom. The summed E-state index contributed by atoms with van der Waals surface area (Å²) in [5.41, 5.74) is 2.06. The van der Waals surface area contributed by atoms with Crippen LogP contribution in [0.1, 0.15) is 0 Å². The lowest BCUT2D eigenvalue weighted by molar-refractivity contribution is -0.250. The maximum Gasteiger partial charge on any atom is 0.272 e. The Morgan fingerprint density at radius 1 is 1.10 bits per heavy atom. The number of carboxylic acid groups (broad SMARTS) is 1. The molecule has 31 heavy (non-hydrogen) atoms. The molecular formula is C21H20F2N3O5-. The van der Waals surface area contributed by atoms with Gasteiger partial charge >= 0.3 is 0 Å². The third-order valence-corrected chi connectivity index (χ3v) is 4.15. The predicted molar refractivity (Wildman–Crippen MR) is 106 cm³/mol. The van der Waals surface area contributed by atoms with Crippen molar-refractivity contribution in [2.75, 3.05) is 26.9 Å². The molecule has 1 N–H and O–H groups in total. The van der Waals surface area contributed by atoms with Gasteiger partial charge in [-0.25, -0.2) is 13.5 Å². The molecule has 0 saturated heterocycles. The lowest BCUT2D eigenvalue weighted by Crippen LogP contribution is -2.38. The van der Waals surface area contributed by atoms with Crippen LogP contribution in [-0.2, 0) is 0 Å². The molecule has 8 nitrogen and oxygen atoms in total. The van der Waals surface area contributed by atoms with Gasteiger partial charge in [-0.1, -0.05) is 0 Å². The first-order chi connectivity index (χ1) is 15.0. The molecule has 0 aliphatic heterocycles. The summed E-state index contributed by atoms with van der Waals surface area (Å²) in [6.45, 7) is -0.520. The summed E-state index contributed by atoms with van der Waals surface area (Å²) in [6.07, 6.45) is -3.98. The predicted octanol–water partition coefficient (Wildman–Crippen LogP) is 2.50. The van der Waals surface area contributed by atoms with Crippen molar-refractivity contribution in [3.63, 3.8) is 0 Å². The number of alkyl halides is 2. The van der Waals surface area contributed by atoms with Crippen molar-refractivity contribution >= 4 is 6.09 Å². The van der Waals surface area contributed by atoms with Crippen molar-refractivity contribution in [1.29, 1.82) is 0 Å². The van der Waals surface area contributed by atoms with Crippen LogP contribution in [0, 0.1) is 0 Å². The number of nitrogens with one attached hydrogen (secondary N) is 1. The summed E-state index contributed by atoms with van der Waals surface area (Å²) in [5.74, 6) is 1.27. The first-order valence-electron chi connectivity index (χ1n) is 9.30. The fourth-order valence-electron chi connectivity index (χ4n) is 2.75. The minimum absolute atomic E-state index is 0.0693. The zero-order chi connectivity index (χ0) is 22.2. The van der Waals surface area contributed by atoms with Gasteiger partial charge in [-0.15, -0.1) is 5.10 Å². The maximum absolute atomic E-state index is 12.5. The van der Waals surface area contributed by atoms with E-state index in [2.05, 4.69) is 10.4 Å². The highest BCUT2D eigenvalue weighted by Crippen LogP contribution is 2.29. The fraction of sp³-hybridized carbons (Fsp3) is 0.238. The molecule has 0 aliphatic rings. The molecule has 10 heteroatoms. The van der Waals surface area contributed by atoms with E-state index in [-0.39, 0.29) is 19.0 Å². The maximum atomic E-state index is 12.5. The van der Waals surface area contributed by atoms with E-state index >= 15 is 0 Å². The Bertz CT molecular complexity index is 991. The molecule has 3 rings (SSSR count). The normalized spacial score (nSPS) is 10.7. The second kappa shape index (κ2) is 10.3. The van der Waals surface area contributed by atoms with Gasteiger partial charge in [-0.3, -0.25) is 0 Å². The van der Waals surface area contributed by atoms with Gasteiger partial charge < -0.3 is 29.4 Å². The van der Waals surface area contributed by atoms with Gasteiger partial charge in [0.15, 0.2) is 6.61 Å². The van der Waals surface area contributed by atoms with E-state index in [1.54, 1.807) is 66.4 Å². The first-order valence-corrected chi connectivity index (χ1v) is 9.30. The van der Waals surface area contributed by atoms with Gasteiger partial charge in [0.25, 0.3) is 6.43 Å². The summed E-state index contributed by atoms with van der Waals surface area (Å²) in [5, 5.41) is 16.7. The van der Waals surface area contributed by atoms with Gasteiger partial charge in [0.1, 0.15) is 24.2 Å². The number of nitrogens with zero attached hydrogens (tertiary/aromatic N) is 2. The van der Waals surface area contributed by atoms with Crippen LogP contribution in [0.4, 0.5) is 13.6 Å².